The molecule has 0 spiro atoms. The van der Waals surface area contributed by atoms with Gasteiger partial charge in [-0.1, -0.05) is 29.3 Å². The number of carbonyl (C=O) groups is 2. The summed E-state index contributed by atoms with van der Waals surface area (Å²) < 4.78 is 23.0. The number of nitrogens with zero attached hydrogens (tertiary/aromatic N) is 1. The molecule has 2 unspecified atom stereocenters. The van der Waals surface area contributed by atoms with Crippen molar-refractivity contribution in [3.05, 3.63) is 118 Å². The van der Waals surface area contributed by atoms with E-state index < -0.39 is 85.1 Å². The Labute approximate surface area is 341 Å². The molecular weight excluding hydrogens is 786 g/mol. The minimum Gasteiger partial charge on any atom is -0.549 e. The molecule has 4 aromatic rings. The number of ether oxygens (including phenoxy) is 3. The number of hydrogen-bond donors (Lipinski definition) is 8. The summed E-state index contributed by atoms with van der Waals surface area (Å²) in [6.45, 7) is 3.12. The van der Waals surface area contributed by atoms with E-state index in [-0.39, 0.29) is 28.0 Å². The largest absolute Gasteiger partial charge is 0.549 e. The second-order valence-electron chi connectivity index (χ2n) is 14.7. The lowest BCUT2D eigenvalue weighted by Crippen LogP contribution is -3.07. The minimum atomic E-state index is -2.58. The zero-order valence-electron chi connectivity index (χ0n) is 32.4. The third-order valence-corrected chi connectivity index (χ3v) is 10.6. The third-order valence-electron chi connectivity index (χ3n) is 10.6. The van der Waals surface area contributed by atoms with Crippen LogP contribution in [0.2, 0.25) is 0 Å². The molecule has 8 N–H and O–H groups in total. The number of aliphatic imine (C=N–C) groups is 1. The van der Waals surface area contributed by atoms with Crippen LogP contribution >= 0.6 is 0 Å². The highest BCUT2D eigenvalue weighted by Crippen LogP contribution is 2.33. The number of quaternary nitrogens is 1. The van der Waals surface area contributed by atoms with Gasteiger partial charge in [0.1, 0.15) is 59.1 Å². The normalized spacial score (nSPS) is 25.5. The Morgan fingerprint density at radius 1 is 1.05 bits per heavy atom. The molecule has 1 fully saturated rings. The van der Waals surface area contributed by atoms with Crippen LogP contribution in [0.1, 0.15) is 29.2 Å². The lowest BCUT2D eigenvalue weighted by molar-refractivity contribution is -1.07. The van der Waals surface area contributed by atoms with E-state index in [0.717, 1.165) is 29.3 Å². The van der Waals surface area contributed by atoms with Crippen LogP contribution in [0.3, 0.4) is 0 Å². The Balaban J connectivity index is 1.22. The Bertz CT molecular complexity index is 2410. The summed E-state index contributed by atoms with van der Waals surface area (Å²) in [5.41, 5.74) is 1.99. The van der Waals surface area contributed by atoms with Gasteiger partial charge in [0.25, 0.3) is 0 Å². The molecule has 4 heterocycles. The molecule has 3 aromatic carbocycles. The Kier molecular flexibility index (Phi) is 12.0. The number of aryl methyl sites for hydroxylation is 2. The number of allylic oxidation sites excluding steroid dienone is 1. The van der Waals surface area contributed by atoms with E-state index in [1.807, 2.05) is 32.0 Å². The fraction of sp³-hybridized carbons (Fsp3) is 0.333. The molecule has 0 radical (unpaired) electrons. The number of rotatable bonds is 14. The van der Waals surface area contributed by atoms with Gasteiger partial charge in [-0.15, -0.1) is 0 Å². The smallest absolute Gasteiger partial charge is 0.321 e. The van der Waals surface area contributed by atoms with E-state index in [1.54, 1.807) is 30.6 Å². The van der Waals surface area contributed by atoms with E-state index in [0.29, 0.717) is 16.3 Å². The number of carbonyl (C=O) groups excluding carboxylic acids is 2. The molecule has 18 heteroatoms. The van der Waals surface area contributed by atoms with Crippen molar-refractivity contribution in [3.8, 4) is 22.6 Å². The molecule has 18 nitrogen and oxygen atoms in total. The van der Waals surface area contributed by atoms with Gasteiger partial charge in [-0.05, 0) is 68.9 Å². The summed E-state index contributed by atoms with van der Waals surface area (Å²) in [4.78, 5) is 49.7. The first-order valence-electron chi connectivity index (χ1n) is 18.8. The van der Waals surface area contributed by atoms with E-state index >= 15 is 0 Å². The second kappa shape index (κ2) is 17.1. The standard InChI is InChI=1S/C42H43N3O15/c1-20-14-21(2)16-24(15-20)32-31-23(10-12-44-31)18-45(32)60-37-35(50)34(49)36(40(54)59-39(53)30(38(51)52)42(55,43-3)11-13-46)58-41(37)57-26-8-9-27-29(17-26)56-19-28(33(27)48)22-4-6-25(47)7-5-22/h4-10,12,14-19,30,32,34-37,40-41,43,46-47,49-50,54-55H,11,13H2,1-3H3,(H,51,52)/t30-,32?,34+,35+,36+,37+,40-,41-,42-/m0/s1. The van der Waals surface area contributed by atoms with Crippen LogP contribution in [0.15, 0.2) is 105 Å². The monoisotopic (exact) mass is 829 g/mol. The van der Waals surface area contributed by atoms with E-state index in [4.69, 9.17) is 23.5 Å². The number of phenols is 1. The van der Waals surface area contributed by atoms with Gasteiger partial charge in [0.05, 0.1) is 22.5 Å². The Hall–Kier alpha value is -5.80. The number of carboxylic acids is 1. The molecule has 0 saturated carbocycles. The van der Waals surface area contributed by atoms with Crippen molar-refractivity contribution in [2.45, 2.75) is 69.0 Å². The van der Waals surface area contributed by atoms with Gasteiger partial charge >= 0.3 is 5.97 Å². The highest BCUT2D eigenvalue weighted by molar-refractivity contribution is 6.08. The van der Waals surface area contributed by atoms with Crippen LogP contribution in [0.4, 0.5) is 0 Å². The molecule has 7 rings (SSSR count). The number of carboxylic acid groups (broad SMARTS) is 1. The summed E-state index contributed by atoms with van der Waals surface area (Å²) in [7, 11) is 1.12. The maximum atomic E-state index is 13.5. The number of benzene rings is 3. The number of nitrogens with one attached hydrogen (secondary N) is 2. The molecule has 1 aromatic heterocycles. The molecule has 60 heavy (non-hydrogen) atoms. The number of hydrogen-bond acceptors (Lipinski definition) is 17. The number of hydroxylamine groups is 2. The maximum Gasteiger partial charge on any atom is 0.321 e. The van der Waals surface area contributed by atoms with Gasteiger partial charge in [-0.3, -0.25) is 19.9 Å². The highest BCUT2D eigenvalue weighted by atomic mass is 16.8. The first kappa shape index (κ1) is 42.3. The second-order valence-corrected chi connectivity index (χ2v) is 14.7. The molecular formula is C42H43N3O15. The van der Waals surface area contributed by atoms with Gasteiger partial charge in [0.2, 0.25) is 18.7 Å². The summed E-state index contributed by atoms with van der Waals surface area (Å²) in [6, 6.07) is 15.5. The van der Waals surface area contributed by atoms with E-state index in [9.17, 15) is 50.1 Å². The number of esters is 1. The number of phenolic OH excluding ortho intramolecular Hbond substituents is 1. The lowest BCUT2D eigenvalue weighted by atomic mass is 9.92. The fourth-order valence-corrected chi connectivity index (χ4v) is 7.65. The highest BCUT2D eigenvalue weighted by Gasteiger charge is 2.54. The first-order chi connectivity index (χ1) is 28.6. The maximum absolute atomic E-state index is 13.5. The molecule has 316 valence electrons. The summed E-state index contributed by atoms with van der Waals surface area (Å²) >= 11 is 0. The van der Waals surface area contributed by atoms with Gasteiger partial charge in [0, 0.05) is 30.9 Å². The topological polar surface area (TPSA) is 275 Å². The van der Waals surface area contributed by atoms with Gasteiger partial charge < -0.3 is 59.2 Å². The van der Waals surface area contributed by atoms with Gasteiger partial charge in [0.15, 0.2) is 17.6 Å². The van der Waals surface area contributed by atoms with E-state index in [1.165, 1.54) is 36.6 Å². The zero-order valence-corrected chi connectivity index (χ0v) is 32.4. The SMILES string of the molecule is CN[C@](O)(CCO)[C@@H](C(=O)[O-])C(=O)O[C@H](O)[C@@H]1O[C@H](Oc2ccc3c(=O)c(-c4ccc(O)cc4)coc3c2)[C@H](O[NH+]2C=C3C=CN=C3C2c2cc(C)cc(C)c2)[C@H](O)[C@H]1O. The predicted molar refractivity (Wildman–Crippen MR) is 206 cm³/mol. The van der Waals surface area contributed by atoms with Crippen LogP contribution in [0, 0.1) is 19.8 Å². The summed E-state index contributed by atoms with van der Waals surface area (Å²) in [5.74, 6) is -6.30. The van der Waals surface area contributed by atoms with E-state index in [2.05, 4.69) is 10.3 Å². The van der Waals surface area contributed by atoms with Crippen LogP contribution in [0.25, 0.3) is 22.1 Å². The van der Waals surface area contributed by atoms with Crippen molar-refractivity contribution < 1.29 is 73.9 Å². The summed E-state index contributed by atoms with van der Waals surface area (Å²) in [6.07, 6.45) is -6.09. The van der Waals surface area contributed by atoms with Crippen molar-refractivity contribution >= 4 is 28.6 Å². The first-order valence-corrected chi connectivity index (χ1v) is 18.8. The molecule has 0 amide bonds. The van der Waals surface area contributed by atoms with Gasteiger partial charge in [-0.25, -0.2) is 0 Å². The Morgan fingerprint density at radius 2 is 1.77 bits per heavy atom. The predicted octanol–water partition coefficient (Wildman–Crippen LogP) is -1.08. The number of aliphatic hydroxyl groups excluding tert-OH is 4. The average molecular weight is 830 g/mol. The zero-order chi connectivity index (χ0) is 43.0. The van der Waals surface area contributed by atoms with Crippen molar-refractivity contribution in [2.75, 3.05) is 13.7 Å². The number of aliphatic carboxylic acids is 1. The molecule has 0 aliphatic carbocycles. The third kappa shape index (κ3) is 8.20. The molecule has 10 atom stereocenters. The fourth-order valence-electron chi connectivity index (χ4n) is 7.65. The van der Waals surface area contributed by atoms with Crippen molar-refractivity contribution in [1.29, 1.82) is 0 Å². The molecule has 3 aliphatic heterocycles. The lowest BCUT2D eigenvalue weighted by Gasteiger charge is -2.43. The van der Waals surface area contributed by atoms with Gasteiger partial charge in [-0.2, -0.15) is 9.90 Å². The average Bonchev–Trinajstić information content (AvgIpc) is 3.79. The van der Waals surface area contributed by atoms with Crippen LogP contribution in [-0.2, 0) is 23.9 Å². The molecule has 0 bridgehead atoms. The Morgan fingerprint density at radius 3 is 2.43 bits per heavy atom. The quantitative estimate of drug-likeness (QED) is 0.0427. The van der Waals surface area contributed by atoms with Crippen LogP contribution < -0.4 is 25.7 Å². The number of aliphatic hydroxyl groups is 5. The van der Waals surface area contributed by atoms with Crippen molar-refractivity contribution in [3.63, 3.8) is 0 Å². The number of fused-ring (bicyclic) bond motifs is 2. The molecule has 3 aliphatic rings. The minimum absolute atomic E-state index is 0.000347. The molecule has 1 saturated heterocycles. The van der Waals surface area contributed by atoms with Crippen LogP contribution in [-0.4, -0.2) is 105 Å². The summed E-state index contributed by atoms with van der Waals surface area (Å²) in [5, 5.41) is 78.9. The van der Waals surface area contributed by atoms with Crippen molar-refractivity contribution in [1.82, 2.24) is 5.32 Å². The number of aromatic hydroxyl groups is 1. The van der Waals surface area contributed by atoms with Crippen molar-refractivity contribution in [2.24, 2.45) is 10.9 Å². The van der Waals surface area contributed by atoms with Crippen LogP contribution in [0.5, 0.6) is 11.5 Å².